The van der Waals surface area contributed by atoms with Gasteiger partial charge >= 0.3 is 5.97 Å². The zero-order valence-corrected chi connectivity index (χ0v) is 11.3. The van der Waals surface area contributed by atoms with Crippen molar-refractivity contribution in [1.29, 1.82) is 0 Å². The maximum Gasteiger partial charge on any atom is 0.348 e. The lowest BCUT2D eigenvalue weighted by Gasteiger charge is -2.01. The van der Waals surface area contributed by atoms with Gasteiger partial charge in [0.2, 0.25) is 0 Å². The molecule has 0 saturated carbocycles. The number of carbonyl (C=O) groups is 1. The fraction of sp³-hybridized carbons (Fsp3) is 0.143. The van der Waals surface area contributed by atoms with Crippen LogP contribution in [0.15, 0.2) is 30.3 Å². The van der Waals surface area contributed by atoms with Crippen LogP contribution in [0, 0.1) is 0 Å². The van der Waals surface area contributed by atoms with Gasteiger partial charge in [-0.1, -0.05) is 0 Å². The zero-order chi connectivity index (χ0) is 13.4. The summed E-state index contributed by atoms with van der Waals surface area (Å²) in [6.07, 6.45) is 0. The predicted octanol–water partition coefficient (Wildman–Crippen LogP) is 3.24. The monoisotopic (exact) mass is 273 g/mol. The van der Waals surface area contributed by atoms with E-state index in [4.69, 9.17) is 9.47 Å². The Hall–Kier alpha value is -2.14. The van der Waals surface area contributed by atoms with Gasteiger partial charge in [-0.2, -0.15) is 0 Å². The highest BCUT2D eigenvalue weighted by atomic mass is 32.1. The number of pyridine rings is 1. The average molecular weight is 273 g/mol. The molecule has 0 spiro atoms. The lowest BCUT2D eigenvalue weighted by Crippen LogP contribution is -1.96. The zero-order valence-electron chi connectivity index (χ0n) is 10.5. The molecule has 0 N–H and O–H groups in total. The van der Waals surface area contributed by atoms with Gasteiger partial charge in [-0.05, 0) is 30.3 Å². The maximum atomic E-state index is 11.5. The molecular weight excluding hydrogens is 262 g/mol. The SMILES string of the molecule is COC(=O)c1cc2cc3cc(OC)ccc3nc2s1. The molecule has 3 aromatic rings. The summed E-state index contributed by atoms with van der Waals surface area (Å²) in [6, 6.07) is 9.51. The summed E-state index contributed by atoms with van der Waals surface area (Å²) in [5.74, 6) is 0.460. The summed E-state index contributed by atoms with van der Waals surface area (Å²) in [7, 11) is 3.01. The van der Waals surface area contributed by atoms with Gasteiger partial charge in [0.05, 0.1) is 19.7 Å². The molecule has 0 unspecified atom stereocenters. The third kappa shape index (κ3) is 2.02. The van der Waals surface area contributed by atoms with Gasteiger partial charge in [0, 0.05) is 10.8 Å². The Kier molecular flexibility index (Phi) is 2.83. The van der Waals surface area contributed by atoms with Crippen molar-refractivity contribution in [3.8, 4) is 5.75 Å². The highest BCUT2D eigenvalue weighted by Crippen LogP contribution is 2.29. The average Bonchev–Trinajstić information content (AvgIpc) is 2.85. The predicted molar refractivity (Wildman–Crippen MR) is 75.0 cm³/mol. The molecule has 0 atom stereocenters. The van der Waals surface area contributed by atoms with Crippen LogP contribution in [-0.2, 0) is 4.74 Å². The number of rotatable bonds is 2. The molecule has 3 rings (SSSR count). The van der Waals surface area contributed by atoms with E-state index in [0.717, 1.165) is 26.9 Å². The van der Waals surface area contributed by atoms with Crippen molar-refractivity contribution < 1.29 is 14.3 Å². The fourth-order valence-electron chi connectivity index (χ4n) is 1.94. The molecule has 0 saturated heterocycles. The third-order valence-corrected chi connectivity index (χ3v) is 3.92. The molecule has 0 aliphatic heterocycles. The smallest absolute Gasteiger partial charge is 0.348 e. The number of methoxy groups -OCH3 is 2. The highest BCUT2D eigenvalue weighted by Gasteiger charge is 2.12. The van der Waals surface area contributed by atoms with E-state index in [-0.39, 0.29) is 5.97 Å². The van der Waals surface area contributed by atoms with Crippen LogP contribution in [0.3, 0.4) is 0 Å². The molecule has 0 radical (unpaired) electrons. The lowest BCUT2D eigenvalue weighted by molar-refractivity contribution is 0.0606. The number of fused-ring (bicyclic) bond motifs is 2. The number of thiophene rings is 1. The maximum absolute atomic E-state index is 11.5. The van der Waals surface area contributed by atoms with E-state index in [0.29, 0.717) is 4.88 Å². The number of hydrogen-bond acceptors (Lipinski definition) is 5. The van der Waals surface area contributed by atoms with Gasteiger partial charge in [0.1, 0.15) is 15.5 Å². The molecule has 0 aliphatic rings. The van der Waals surface area contributed by atoms with Gasteiger partial charge in [-0.3, -0.25) is 0 Å². The lowest BCUT2D eigenvalue weighted by atomic mass is 10.2. The van der Waals surface area contributed by atoms with E-state index in [1.165, 1.54) is 18.4 Å². The Morgan fingerprint density at radius 3 is 2.74 bits per heavy atom. The molecule has 0 aliphatic carbocycles. The Balaban J connectivity index is 2.22. The van der Waals surface area contributed by atoms with Crippen molar-refractivity contribution in [1.82, 2.24) is 4.98 Å². The van der Waals surface area contributed by atoms with Crippen LogP contribution < -0.4 is 4.74 Å². The number of benzene rings is 1. The quantitative estimate of drug-likeness (QED) is 0.672. The van der Waals surface area contributed by atoms with Crippen molar-refractivity contribution >= 4 is 38.4 Å². The van der Waals surface area contributed by atoms with Crippen molar-refractivity contribution in [2.75, 3.05) is 14.2 Å². The minimum Gasteiger partial charge on any atom is -0.497 e. The highest BCUT2D eigenvalue weighted by molar-refractivity contribution is 7.20. The number of ether oxygens (including phenoxy) is 2. The van der Waals surface area contributed by atoms with E-state index >= 15 is 0 Å². The summed E-state index contributed by atoms with van der Waals surface area (Å²) in [6.45, 7) is 0. The Morgan fingerprint density at radius 1 is 1.16 bits per heavy atom. The summed E-state index contributed by atoms with van der Waals surface area (Å²) in [4.78, 5) is 17.5. The van der Waals surface area contributed by atoms with E-state index in [9.17, 15) is 4.79 Å². The van der Waals surface area contributed by atoms with E-state index in [2.05, 4.69) is 4.98 Å². The van der Waals surface area contributed by atoms with Gasteiger partial charge in [0.25, 0.3) is 0 Å². The van der Waals surface area contributed by atoms with Crippen molar-refractivity contribution in [2.24, 2.45) is 0 Å². The van der Waals surface area contributed by atoms with Gasteiger partial charge in [-0.15, -0.1) is 11.3 Å². The minimum atomic E-state index is -0.329. The summed E-state index contributed by atoms with van der Waals surface area (Å²) >= 11 is 1.34. The first-order valence-electron chi connectivity index (χ1n) is 5.68. The van der Waals surface area contributed by atoms with Crippen LogP contribution in [0.25, 0.3) is 21.1 Å². The second kappa shape index (κ2) is 4.51. The first-order valence-corrected chi connectivity index (χ1v) is 6.49. The van der Waals surface area contributed by atoms with Crippen LogP contribution in [0.5, 0.6) is 5.75 Å². The molecule has 4 nitrogen and oxygen atoms in total. The number of esters is 1. The number of aromatic nitrogens is 1. The standard InChI is InChI=1S/C14H11NO3S/c1-17-10-3-4-11-8(6-10)5-9-7-12(14(16)18-2)19-13(9)15-11/h3-7H,1-2H3. The molecule has 2 heterocycles. The van der Waals surface area contributed by atoms with Crippen molar-refractivity contribution in [3.63, 3.8) is 0 Å². The topological polar surface area (TPSA) is 48.4 Å². The molecule has 0 fully saturated rings. The molecule has 1 aromatic carbocycles. The fourth-order valence-corrected chi connectivity index (χ4v) is 2.88. The van der Waals surface area contributed by atoms with Crippen molar-refractivity contribution in [3.05, 3.63) is 35.2 Å². The molecule has 2 aromatic heterocycles. The Labute approximate surface area is 113 Å². The van der Waals surface area contributed by atoms with E-state index < -0.39 is 0 Å². The van der Waals surface area contributed by atoms with Gasteiger partial charge < -0.3 is 9.47 Å². The summed E-state index contributed by atoms with van der Waals surface area (Å²) < 4.78 is 9.92. The second-order valence-corrected chi connectivity index (χ2v) is 5.07. The molecule has 5 heteroatoms. The van der Waals surface area contributed by atoms with E-state index in [1.807, 2.05) is 24.3 Å². The largest absolute Gasteiger partial charge is 0.497 e. The first-order chi connectivity index (χ1) is 9.21. The Morgan fingerprint density at radius 2 is 2.00 bits per heavy atom. The third-order valence-electron chi connectivity index (χ3n) is 2.89. The van der Waals surface area contributed by atoms with Gasteiger partial charge in [0.15, 0.2) is 0 Å². The van der Waals surface area contributed by atoms with Crippen LogP contribution in [0.1, 0.15) is 9.67 Å². The van der Waals surface area contributed by atoms with E-state index in [1.54, 1.807) is 13.2 Å². The summed E-state index contributed by atoms with van der Waals surface area (Å²) in [5, 5.41) is 1.92. The van der Waals surface area contributed by atoms with Crippen LogP contribution >= 0.6 is 11.3 Å². The van der Waals surface area contributed by atoms with Gasteiger partial charge in [-0.25, -0.2) is 9.78 Å². The molecular formula is C14H11NO3S. The molecule has 0 bridgehead atoms. The molecule has 0 amide bonds. The summed E-state index contributed by atoms with van der Waals surface area (Å²) in [5.41, 5.74) is 0.881. The van der Waals surface area contributed by atoms with Crippen LogP contribution in [-0.4, -0.2) is 25.2 Å². The van der Waals surface area contributed by atoms with Crippen molar-refractivity contribution in [2.45, 2.75) is 0 Å². The number of carbonyl (C=O) groups excluding carboxylic acids is 1. The second-order valence-electron chi connectivity index (χ2n) is 4.04. The van der Waals surface area contributed by atoms with Crippen LogP contribution in [0.2, 0.25) is 0 Å². The van der Waals surface area contributed by atoms with Crippen LogP contribution in [0.4, 0.5) is 0 Å². The normalized spacial score (nSPS) is 10.8. The number of hydrogen-bond donors (Lipinski definition) is 0. The Bertz CT molecular complexity index is 779. The molecule has 19 heavy (non-hydrogen) atoms. The number of nitrogens with zero attached hydrogens (tertiary/aromatic N) is 1. The molecule has 96 valence electrons. The first kappa shape index (κ1) is 11.9. The minimum absolute atomic E-state index is 0.329.